The van der Waals surface area contributed by atoms with Crippen LogP contribution in [0.1, 0.15) is 0 Å². The average Bonchev–Trinajstić information content (AvgIpc) is 2.26. The summed E-state index contributed by atoms with van der Waals surface area (Å²) in [5.41, 5.74) is 11.7. The lowest BCUT2D eigenvalue weighted by molar-refractivity contribution is 0.596. The van der Waals surface area contributed by atoms with Crippen molar-refractivity contribution < 1.29 is 8.42 Å². The fraction of sp³-hybridized carbons (Fsp3) is 0. The van der Waals surface area contributed by atoms with Crippen LogP contribution < -0.4 is 11.5 Å². The topological polar surface area (TPSA) is 86.2 Å². The van der Waals surface area contributed by atoms with E-state index in [0.29, 0.717) is 0 Å². The average molecular weight is 317 g/mol. The highest BCUT2D eigenvalue weighted by atomic mass is 35.5. The summed E-state index contributed by atoms with van der Waals surface area (Å²) in [5, 5.41) is 0.488. The van der Waals surface area contributed by atoms with E-state index in [1.54, 1.807) is 0 Å². The van der Waals surface area contributed by atoms with Crippen molar-refractivity contribution in [1.29, 1.82) is 0 Å². The normalized spacial score (nSPS) is 11.5. The molecule has 0 atom stereocenters. The lowest BCUT2D eigenvalue weighted by Crippen LogP contribution is -2.04. The Morgan fingerprint density at radius 1 is 0.737 bits per heavy atom. The van der Waals surface area contributed by atoms with Gasteiger partial charge in [-0.3, -0.25) is 0 Å². The number of hydrogen-bond acceptors (Lipinski definition) is 4. The van der Waals surface area contributed by atoms with Gasteiger partial charge in [0.05, 0.1) is 9.79 Å². The summed E-state index contributed by atoms with van der Waals surface area (Å²) in [6.07, 6.45) is 0. The molecule has 7 heteroatoms. The fourth-order valence-electron chi connectivity index (χ4n) is 1.62. The van der Waals surface area contributed by atoms with Crippen LogP contribution in [0.15, 0.2) is 46.2 Å². The largest absolute Gasteiger partial charge is 0.399 e. The zero-order chi connectivity index (χ0) is 14.2. The molecule has 0 radical (unpaired) electrons. The molecule has 4 nitrogen and oxygen atoms in total. The molecule has 19 heavy (non-hydrogen) atoms. The van der Waals surface area contributed by atoms with E-state index >= 15 is 0 Å². The van der Waals surface area contributed by atoms with E-state index in [0.717, 1.165) is 0 Å². The number of anilines is 2. The summed E-state index contributed by atoms with van der Waals surface area (Å²) in [7, 11) is -3.76. The van der Waals surface area contributed by atoms with Gasteiger partial charge in [0.2, 0.25) is 9.84 Å². The van der Waals surface area contributed by atoms with Gasteiger partial charge in [0.25, 0.3) is 0 Å². The Morgan fingerprint density at radius 2 is 1.11 bits per heavy atom. The minimum atomic E-state index is -3.76. The molecule has 0 aliphatic heterocycles. The van der Waals surface area contributed by atoms with Gasteiger partial charge in [0, 0.05) is 21.4 Å². The molecule has 2 aromatic rings. The number of halogens is 2. The molecule has 0 aliphatic carbocycles. The first kappa shape index (κ1) is 14.0. The first-order chi connectivity index (χ1) is 8.79. The third-order valence-electron chi connectivity index (χ3n) is 2.41. The minimum Gasteiger partial charge on any atom is -0.399 e. The Bertz CT molecular complexity index is 647. The Kier molecular flexibility index (Phi) is 3.62. The van der Waals surface area contributed by atoms with Gasteiger partial charge < -0.3 is 11.5 Å². The number of rotatable bonds is 2. The molecule has 0 unspecified atom stereocenters. The van der Waals surface area contributed by atoms with Crippen LogP contribution in [-0.2, 0) is 9.84 Å². The highest BCUT2D eigenvalue weighted by Crippen LogP contribution is 2.29. The van der Waals surface area contributed by atoms with Gasteiger partial charge in [-0.2, -0.15) is 0 Å². The standard InChI is InChI=1S/C12H10Cl2N2O2S/c13-7-1-9(15)5-11(3-7)19(17,18)12-4-8(14)2-10(16)6-12/h1-6H,15-16H2. The van der Waals surface area contributed by atoms with Crippen LogP contribution in [0.25, 0.3) is 0 Å². The molecule has 0 saturated heterocycles. The third kappa shape index (κ3) is 2.94. The molecule has 2 rings (SSSR count). The molecule has 0 heterocycles. The number of benzene rings is 2. The van der Waals surface area contributed by atoms with Crippen molar-refractivity contribution in [3.05, 3.63) is 46.4 Å². The highest BCUT2D eigenvalue weighted by Gasteiger charge is 2.19. The van der Waals surface area contributed by atoms with Crippen molar-refractivity contribution in [3.8, 4) is 0 Å². The Morgan fingerprint density at radius 3 is 1.42 bits per heavy atom. The summed E-state index contributed by atoms with van der Waals surface area (Å²) < 4.78 is 24.8. The maximum absolute atomic E-state index is 12.4. The van der Waals surface area contributed by atoms with Crippen LogP contribution in [0.5, 0.6) is 0 Å². The van der Waals surface area contributed by atoms with Crippen molar-refractivity contribution in [2.24, 2.45) is 0 Å². The molecular formula is C12H10Cl2N2O2S. The van der Waals surface area contributed by atoms with E-state index in [1.807, 2.05) is 0 Å². The minimum absolute atomic E-state index is 0.000772. The van der Waals surface area contributed by atoms with Crippen molar-refractivity contribution in [3.63, 3.8) is 0 Å². The Labute approximate surface area is 120 Å². The maximum atomic E-state index is 12.4. The molecule has 100 valence electrons. The lowest BCUT2D eigenvalue weighted by atomic mass is 10.3. The summed E-state index contributed by atoms with van der Waals surface area (Å²) in [6.45, 7) is 0. The molecule has 2 aromatic carbocycles. The molecule has 0 bridgehead atoms. The summed E-state index contributed by atoms with van der Waals surface area (Å²) in [6, 6.07) is 8.24. The van der Waals surface area contributed by atoms with Crippen molar-refractivity contribution in [2.75, 3.05) is 11.5 Å². The predicted molar refractivity (Wildman–Crippen MR) is 77.2 cm³/mol. The zero-order valence-corrected chi connectivity index (χ0v) is 11.9. The van der Waals surface area contributed by atoms with Crippen LogP contribution >= 0.6 is 23.2 Å². The predicted octanol–water partition coefficient (Wildman–Crippen LogP) is 2.99. The summed E-state index contributed by atoms with van der Waals surface area (Å²) >= 11 is 11.6. The first-order valence-corrected chi connectivity index (χ1v) is 7.40. The zero-order valence-electron chi connectivity index (χ0n) is 9.60. The monoisotopic (exact) mass is 316 g/mol. The molecule has 4 N–H and O–H groups in total. The van der Waals surface area contributed by atoms with Crippen molar-refractivity contribution >= 4 is 44.4 Å². The van der Waals surface area contributed by atoms with Gasteiger partial charge >= 0.3 is 0 Å². The van der Waals surface area contributed by atoms with Gasteiger partial charge in [-0.1, -0.05) is 23.2 Å². The van der Waals surface area contributed by atoms with Crippen LogP contribution in [0.2, 0.25) is 10.0 Å². The van der Waals surface area contributed by atoms with E-state index in [2.05, 4.69) is 0 Å². The summed E-state index contributed by atoms with van der Waals surface area (Å²) in [4.78, 5) is -0.00154. The van der Waals surface area contributed by atoms with Gasteiger partial charge in [-0.25, -0.2) is 8.42 Å². The summed E-state index contributed by atoms with van der Waals surface area (Å²) in [5.74, 6) is 0. The van der Waals surface area contributed by atoms with Gasteiger partial charge in [-0.15, -0.1) is 0 Å². The molecule has 0 saturated carbocycles. The number of hydrogen-bond donors (Lipinski definition) is 2. The van der Waals surface area contributed by atoms with E-state index in [1.165, 1.54) is 36.4 Å². The molecule has 0 aromatic heterocycles. The second-order valence-corrected chi connectivity index (χ2v) is 6.77. The Hall–Kier alpha value is -1.43. The third-order valence-corrected chi connectivity index (χ3v) is 4.56. The van der Waals surface area contributed by atoms with Crippen LogP contribution in [0.4, 0.5) is 11.4 Å². The highest BCUT2D eigenvalue weighted by molar-refractivity contribution is 7.91. The molecule has 0 aliphatic rings. The van der Waals surface area contributed by atoms with E-state index < -0.39 is 9.84 Å². The van der Waals surface area contributed by atoms with Crippen LogP contribution in [0.3, 0.4) is 0 Å². The van der Waals surface area contributed by atoms with Crippen LogP contribution in [-0.4, -0.2) is 8.42 Å². The number of nitrogens with two attached hydrogens (primary N) is 2. The molecule has 0 spiro atoms. The van der Waals surface area contributed by atoms with Crippen molar-refractivity contribution in [1.82, 2.24) is 0 Å². The maximum Gasteiger partial charge on any atom is 0.206 e. The van der Waals surface area contributed by atoms with E-state index in [4.69, 9.17) is 34.7 Å². The molecule has 0 fully saturated rings. The van der Waals surface area contributed by atoms with E-state index in [9.17, 15) is 8.42 Å². The fourth-order valence-corrected chi connectivity index (χ4v) is 3.65. The number of nitrogen functional groups attached to an aromatic ring is 2. The second kappa shape index (κ2) is 4.92. The quantitative estimate of drug-likeness (QED) is 0.834. The number of sulfone groups is 1. The lowest BCUT2D eigenvalue weighted by Gasteiger charge is -2.07. The van der Waals surface area contributed by atoms with Gasteiger partial charge in [0.15, 0.2) is 0 Å². The van der Waals surface area contributed by atoms with Gasteiger partial charge in [-0.05, 0) is 36.4 Å². The first-order valence-electron chi connectivity index (χ1n) is 5.16. The second-order valence-electron chi connectivity index (χ2n) is 3.94. The smallest absolute Gasteiger partial charge is 0.206 e. The SMILES string of the molecule is Nc1cc(Cl)cc(S(=O)(=O)c2cc(N)cc(Cl)c2)c1. The van der Waals surface area contributed by atoms with Gasteiger partial charge in [0.1, 0.15) is 0 Å². The molecule has 0 amide bonds. The van der Waals surface area contributed by atoms with Crippen molar-refractivity contribution in [2.45, 2.75) is 9.79 Å². The molecular weight excluding hydrogens is 307 g/mol. The Balaban J connectivity index is 2.65. The van der Waals surface area contributed by atoms with Crippen LogP contribution in [0, 0.1) is 0 Å². The van der Waals surface area contributed by atoms with E-state index in [-0.39, 0.29) is 31.2 Å².